The summed E-state index contributed by atoms with van der Waals surface area (Å²) in [5, 5.41) is 0. The highest BCUT2D eigenvalue weighted by Gasteiger charge is 2.51. The molecule has 0 saturated heterocycles. The molecule has 0 aliphatic heterocycles. The van der Waals surface area contributed by atoms with Gasteiger partial charge in [-0.05, 0) is 29.9 Å². The van der Waals surface area contributed by atoms with Gasteiger partial charge in [-0.2, -0.15) is 0 Å². The Kier molecular flexibility index (Phi) is 4.02. The maximum atomic E-state index is 6.35. The Morgan fingerprint density at radius 3 is 2.47 bits per heavy atom. The Bertz CT molecular complexity index is 449. The predicted octanol–water partition coefficient (Wildman–Crippen LogP) is 5.32. The summed E-state index contributed by atoms with van der Waals surface area (Å²) >= 11 is 3.77. The second-order valence-corrected chi connectivity index (χ2v) is 8.02. The van der Waals surface area contributed by atoms with Crippen LogP contribution in [0.5, 0.6) is 5.75 Å². The lowest BCUT2D eigenvalue weighted by atomic mass is 9.65. The molecule has 106 valence electrons. The molecule has 1 nitrogen and oxygen atoms in total. The van der Waals surface area contributed by atoms with Crippen LogP contribution in [0.25, 0.3) is 0 Å². The van der Waals surface area contributed by atoms with Gasteiger partial charge in [0.25, 0.3) is 0 Å². The van der Waals surface area contributed by atoms with Crippen LogP contribution >= 0.6 is 15.9 Å². The van der Waals surface area contributed by atoms with Gasteiger partial charge in [-0.25, -0.2) is 0 Å². The van der Waals surface area contributed by atoms with E-state index in [2.05, 4.69) is 74.8 Å². The van der Waals surface area contributed by atoms with Crippen molar-refractivity contribution in [1.82, 2.24) is 0 Å². The average molecular weight is 325 g/mol. The molecule has 1 saturated carbocycles. The maximum absolute atomic E-state index is 6.35. The van der Waals surface area contributed by atoms with Gasteiger partial charge in [-0.1, -0.05) is 68.7 Å². The molecule has 0 aromatic heterocycles. The van der Waals surface area contributed by atoms with E-state index in [9.17, 15) is 0 Å². The third-order valence-corrected chi connectivity index (χ3v) is 6.02. The molecule has 0 N–H and O–H groups in total. The van der Waals surface area contributed by atoms with E-state index in [4.69, 9.17) is 4.74 Å². The van der Waals surface area contributed by atoms with E-state index in [0.717, 1.165) is 18.6 Å². The fourth-order valence-corrected chi connectivity index (χ4v) is 3.70. The Labute approximate surface area is 125 Å². The number of halogens is 1. The zero-order valence-electron chi connectivity index (χ0n) is 12.7. The van der Waals surface area contributed by atoms with Gasteiger partial charge >= 0.3 is 0 Å². The number of hydrogen-bond donors (Lipinski definition) is 0. The van der Waals surface area contributed by atoms with Gasteiger partial charge in [0.05, 0.1) is 0 Å². The highest BCUT2D eigenvalue weighted by atomic mass is 79.9. The number of hydrogen-bond acceptors (Lipinski definition) is 1. The average Bonchev–Trinajstić information content (AvgIpc) is 2.36. The highest BCUT2D eigenvalue weighted by molar-refractivity contribution is 9.09. The van der Waals surface area contributed by atoms with Gasteiger partial charge in [-0.3, -0.25) is 0 Å². The molecule has 0 bridgehead atoms. The fraction of sp³-hybridized carbons (Fsp3) is 0.647. The van der Waals surface area contributed by atoms with E-state index in [-0.39, 0.29) is 10.8 Å². The van der Waals surface area contributed by atoms with Crippen molar-refractivity contribution in [2.75, 3.05) is 0 Å². The first-order valence-electron chi connectivity index (χ1n) is 7.19. The second kappa shape index (κ2) is 5.12. The van der Waals surface area contributed by atoms with E-state index in [0.29, 0.717) is 10.9 Å². The predicted molar refractivity (Wildman–Crippen MR) is 85.3 cm³/mol. The van der Waals surface area contributed by atoms with Crippen LogP contribution in [0.1, 0.15) is 53.0 Å². The van der Waals surface area contributed by atoms with Gasteiger partial charge in [0.2, 0.25) is 0 Å². The zero-order valence-corrected chi connectivity index (χ0v) is 14.3. The number of para-hydroxylation sites is 1. The molecule has 0 spiro atoms. The largest absolute Gasteiger partial charge is 0.489 e. The molecule has 1 aliphatic rings. The number of rotatable bonds is 3. The summed E-state index contributed by atoms with van der Waals surface area (Å²) in [4.78, 5) is 0.580. The Morgan fingerprint density at radius 1 is 1.32 bits per heavy atom. The van der Waals surface area contributed by atoms with E-state index >= 15 is 0 Å². The lowest BCUT2D eigenvalue weighted by Gasteiger charge is -2.51. The first-order chi connectivity index (χ1) is 8.79. The third-order valence-electron chi connectivity index (χ3n) is 4.60. The van der Waals surface area contributed by atoms with Crippen LogP contribution < -0.4 is 4.74 Å². The van der Waals surface area contributed by atoms with E-state index in [1.165, 1.54) is 5.56 Å². The van der Waals surface area contributed by atoms with Crippen LogP contribution in [-0.2, 0) is 5.41 Å². The summed E-state index contributed by atoms with van der Waals surface area (Å²) in [6, 6.07) is 8.46. The van der Waals surface area contributed by atoms with Crippen molar-refractivity contribution in [2.45, 2.75) is 63.8 Å². The summed E-state index contributed by atoms with van der Waals surface area (Å²) in [5.41, 5.74) is 1.67. The Morgan fingerprint density at radius 2 is 1.95 bits per heavy atom. The molecule has 3 unspecified atom stereocenters. The molecular weight excluding hydrogens is 300 g/mol. The van der Waals surface area contributed by atoms with Crippen molar-refractivity contribution in [3.05, 3.63) is 29.8 Å². The minimum atomic E-state index is 0.122. The summed E-state index contributed by atoms with van der Waals surface area (Å²) in [6.07, 6.45) is 2.57. The smallest absolute Gasteiger partial charge is 0.123 e. The molecule has 0 amide bonds. The molecule has 0 radical (unpaired) electrons. The molecule has 1 fully saturated rings. The summed E-state index contributed by atoms with van der Waals surface area (Å²) in [5.74, 6) is 1.05. The molecular formula is C17H25BrO. The summed E-state index contributed by atoms with van der Waals surface area (Å²) in [6.45, 7) is 11.3. The van der Waals surface area contributed by atoms with Crippen LogP contribution in [0.2, 0.25) is 0 Å². The monoisotopic (exact) mass is 324 g/mol. The third kappa shape index (κ3) is 2.69. The SMILES string of the molecule is CCC1(C)C(Br)CC1Oc1ccccc1C(C)(C)C. The van der Waals surface area contributed by atoms with Crippen molar-refractivity contribution in [3.63, 3.8) is 0 Å². The Hall–Kier alpha value is -0.500. The van der Waals surface area contributed by atoms with Crippen LogP contribution in [0.4, 0.5) is 0 Å². The van der Waals surface area contributed by atoms with Crippen LogP contribution in [-0.4, -0.2) is 10.9 Å². The lowest BCUT2D eigenvalue weighted by molar-refractivity contribution is -0.0252. The zero-order chi connectivity index (χ0) is 14.3. The Balaban J connectivity index is 2.22. The summed E-state index contributed by atoms with van der Waals surface area (Å²) < 4.78 is 6.35. The van der Waals surface area contributed by atoms with Gasteiger partial charge in [0.1, 0.15) is 11.9 Å². The molecule has 3 atom stereocenters. The van der Waals surface area contributed by atoms with Gasteiger partial charge < -0.3 is 4.74 Å². The minimum Gasteiger partial charge on any atom is -0.489 e. The number of ether oxygens (including phenoxy) is 1. The number of alkyl halides is 1. The summed E-state index contributed by atoms with van der Waals surface area (Å²) in [7, 11) is 0. The van der Waals surface area contributed by atoms with Crippen LogP contribution in [0.3, 0.4) is 0 Å². The molecule has 1 aromatic rings. The molecule has 2 rings (SSSR count). The number of benzene rings is 1. The minimum absolute atomic E-state index is 0.122. The van der Waals surface area contributed by atoms with Crippen LogP contribution in [0.15, 0.2) is 24.3 Å². The van der Waals surface area contributed by atoms with Crippen molar-refractivity contribution >= 4 is 15.9 Å². The maximum Gasteiger partial charge on any atom is 0.123 e. The van der Waals surface area contributed by atoms with Crippen LogP contribution in [0, 0.1) is 5.41 Å². The van der Waals surface area contributed by atoms with Gasteiger partial charge in [0.15, 0.2) is 0 Å². The first kappa shape index (κ1) is 14.9. The topological polar surface area (TPSA) is 9.23 Å². The van der Waals surface area contributed by atoms with E-state index in [1.807, 2.05) is 0 Å². The normalized spacial score (nSPS) is 30.8. The quantitative estimate of drug-likeness (QED) is 0.684. The second-order valence-electron chi connectivity index (χ2n) is 6.92. The fourth-order valence-electron chi connectivity index (χ4n) is 2.74. The van der Waals surface area contributed by atoms with E-state index in [1.54, 1.807) is 0 Å². The highest BCUT2D eigenvalue weighted by Crippen LogP contribution is 2.50. The molecule has 1 aromatic carbocycles. The van der Waals surface area contributed by atoms with Crippen molar-refractivity contribution in [3.8, 4) is 5.75 Å². The van der Waals surface area contributed by atoms with Crippen molar-refractivity contribution in [1.29, 1.82) is 0 Å². The molecule has 0 heterocycles. The van der Waals surface area contributed by atoms with Gasteiger partial charge in [0, 0.05) is 10.2 Å². The molecule has 19 heavy (non-hydrogen) atoms. The van der Waals surface area contributed by atoms with E-state index < -0.39 is 0 Å². The molecule has 2 heteroatoms. The van der Waals surface area contributed by atoms with Crippen molar-refractivity contribution in [2.24, 2.45) is 5.41 Å². The van der Waals surface area contributed by atoms with Gasteiger partial charge in [-0.15, -0.1) is 0 Å². The van der Waals surface area contributed by atoms with Crippen molar-refractivity contribution < 1.29 is 4.74 Å². The standard InChI is InChI=1S/C17H25BrO/c1-6-17(5)14(18)11-15(17)19-13-10-8-7-9-12(13)16(2,3)4/h7-10,14-15H,6,11H2,1-5H3. The first-order valence-corrected chi connectivity index (χ1v) is 8.11. The lowest BCUT2D eigenvalue weighted by Crippen LogP contribution is -2.54. The molecule has 1 aliphatic carbocycles.